The lowest BCUT2D eigenvalue weighted by molar-refractivity contribution is 0.291. The summed E-state index contributed by atoms with van der Waals surface area (Å²) in [6.07, 6.45) is 0. The van der Waals surface area contributed by atoms with Crippen LogP contribution in [0.4, 0.5) is 0 Å². The maximum absolute atomic E-state index is 8.52. The Kier molecular flexibility index (Phi) is 6.54. The number of imidazole rings is 1. The van der Waals surface area contributed by atoms with Crippen LogP contribution in [0.1, 0.15) is 11.1 Å². The van der Waals surface area contributed by atoms with Gasteiger partial charge in [-0.3, -0.25) is 9.81 Å². The number of aromatic nitrogens is 3. The number of ether oxygens (including phenoxy) is 1. The minimum Gasteiger partial charge on any atom is -0.473 e. The third kappa shape index (κ3) is 4.23. The number of pyridine rings is 1. The number of hydrogen-bond acceptors (Lipinski definition) is 4. The molecule has 0 bridgehead atoms. The summed E-state index contributed by atoms with van der Waals surface area (Å²) in [5.41, 5.74) is 9.21. The highest BCUT2D eigenvalue weighted by atomic mass is 16.5. The first kappa shape index (κ1) is 27.3. The molecule has 0 amide bonds. The number of para-hydroxylation sites is 2. The zero-order valence-corrected chi connectivity index (χ0v) is 24.9. The quantitative estimate of drug-likeness (QED) is 0.121. The maximum Gasteiger partial charge on any atom is 0.213 e. The highest BCUT2D eigenvalue weighted by molar-refractivity contribution is 6.17. The average molecular weight is 596 g/mol. The van der Waals surface area contributed by atoms with Crippen molar-refractivity contribution in [2.45, 2.75) is 6.61 Å². The molecule has 6 aromatic carbocycles. The molecular formula is C40H29N5O. The van der Waals surface area contributed by atoms with Crippen molar-refractivity contribution in [3.8, 4) is 5.69 Å². The summed E-state index contributed by atoms with van der Waals surface area (Å²) in [7, 11) is 0. The first-order valence-corrected chi connectivity index (χ1v) is 15.1. The van der Waals surface area contributed by atoms with Crippen LogP contribution in [0.3, 0.4) is 0 Å². The van der Waals surface area contributed by atoms with E-state index < -0.39 is 0 Å². The van der Waals surface area contributed by atoms with E-state index in [1.54, 1.807) is 0 Å². The molecule has 0 aliphatic heterocycles. The lowest BCUT2D eigenvalue weighted by atomic mass is 10.1. The minimum atomic E-state index is 0.161. The van der Waals surface area contributed by atoms with Crippen LogP contribution in [0.5, 0.6) is 0 Å². The van der Waals surface area contributed by atoms with Gasteiger partial charge in [0.1, 0.15) is 12.3 Å². The molecule has 3 aromatic heterocycles. The Morgan fingerprint density at radius 2 is 1.20 bits per heavy atom. The van der Waals surface area contributed by atoms with E-state index in [9.17, 15) is 0 Å². The van der Waals surface area contributed by atoms with Gasteiger partial charge >= 0.3 is 0 Å². The lowest BCUT2D eigenvalue weighted by Gasteiger charge is -2.11. The van der Waals surface area contributed by atoms with E-state index in [2.05, 4.69) is 113 Å². The summed E-state index contributed by atoms with van der Waals surface area (Å²) in [6, 6.07) is 48.2. The van der Waals surface area contributed by atoms with E-state index in [1.165, 1.54) is 16.2 Å². The fraction of sp³-hybridized carbons (Fsp3) is 0.0250. The molecular weight excluding hydrogens is 566 g/mol. The van der Waals surface area contributed by atoms with Gasteiger partial charge in [0, 0.05) is 32.8 Å². The molecule has 0 saturated heterocycles. The van der Waals surface area contributed by atoms with E-state index in [-0.39, 0.29) is 5.90 Å². The number of nitrogens with one attached hydrogen (secondary N) is 2. The van der Waals surface area contributed by atoms with Gasteiger partial charge in [-0.05, 0) is 66.2 Å². The number of hydrogen-bond donors (Lipinski definition) is 2. The Labute approximate surface area is 264 Å². The van der Waals surface area contributed by atoms with E-state index in [0.29, 0.717) is 6.61 Å². The van der Waals surface area contributed by atoms with E-state index in [0.717, 1.165) is 60.8 Å². The van der Waals surface area contributed by atoms with Crippen LogP contribution in [0.2, 0.25) is 0 Å². The van der Waals surface area contributed by atoms with Crippen molar-refractivity contribution >= 4 is 72.8 Å². The van der Waals surface area contributed by atoms with Crippen molar-refractivity contribution in [1.82, 2.24) is 14.0 Å². The predicted octanol–water partition coefficient (Wildman–Crippen LogP) is 9.70. The molecule has 0 radical (unpaired) electrons. The van der Waals surface area contributed by atoms with Crippen molar-refractivity contribution < 1.29 is 4.74 Å². The van der Waals surface area contributed by atoms with E-state index in [4.69, 9.17) is 20.5 Å². The van der Waals surface area contributed by atoms with Crippen molar-refractivity contribution in [3.05, 3.63) is 151 Å². The van der Waals surface area contributed by atoms with Crippen LogP contribution in [-0.4, -0.2) is 26.6 Å². The summed E-state index contributed by atoms with van der Waals surface area (Å²) >= 11 is 0. The van der Waals surface area contributed by atoms with Crippen LogP contribution in [0.15, 0.2) is 140 Å². The molecule has 0 spiro atoms. The summed E-state index contributed by atoms with van der Waals surface area (Å²) in [5, 5.41) is 19.9. The molecule has 0 saturated carbocycles. The lowest BCUT2D eigenvalue weighted by Crippen LogP contribution is -2.05. The third-order valence-corrected chi connectivity index (χ3v) is 8.66. The van der Waals surface area contributed by atoms with Crippen LogP contribution in [-0.2, 0) is 11.3 Å². The second-order valence-corrected chi connectivity index (χ2v) is 11.2. The van der Waals surface area contributed by atoms with Gasteiger partial charge in [-0.1, -0.05) is 91.0 Å². The fourth-order valence-corrected chi connectivity index (χ4v) is 6.63. The summed E-state index contributed by atoms with van der Waals surface area (Å²) in [6.45, 7) is 2.87. The predicted molar refractivity (Wildman–Crippen MR) is 190 cm³/mol. The van der Waals surface area contributed by atoms with Crippen LogP contribution >= 0.6 is 0 Å². The summed E-state index contributed by atoms with van der Waals surface area (Å²) in [4.78, 5) is 5.22. The standard InChI is InChI=1S/C39H26N4O.CH3N/c40-38(44-24-25-10-2-1-3-11-25)26-18-20-27(21-19-26)42-34-16-8-7-14-30(34)32-22-33-37(23-36(32)42)43-35-17-9-6-13-29(35)28-12-4-5-15-31(28)39(43)41-33;1-2/h1-23,40H,24H2;2H,1H2. The van der Waals surface area contributed by atoms with Gasteiger partial charge in [0.05, 0.1) is 27.6 Å². The zero-order chi connectivity index (χ0) is 31.2. The largest absolute Gasteiger partial charge is 0.473 e. The van der Waals surface area contributed by atoms with E-state index >= 15 is 0 Å². The normalized spacial score (nSPS) is 11.4. The molecule has 2 N–H and O–H groups in total. The van der Waals surface area contributed by atoms with Crippen molar-refractivity contribution in [1.29, 1.82) is 10.8 Å². The molecule has 46 heavy (non-hydrogen) atoms. The third-order valence-electron chi connectivity index (χ3n) is 8.66. The Morgan fingerprint density at radius 3 is 1.93 bits per heavy atom. The highest BCUT2D eigenvalue weighted by Crippen LogP contribution is 2.37. The second kappa shape index (κ2) is 11.0. The molecule has 0 fully saturated rings. The van der Waals surface area contributed by atoms with Gasteiger partial charge in [-0.15, -0.1) is 0 Å². The molecule has 0 unspecified atom stereocenters. The number of benzene rings is 6. The molecule has 0 aliphatic carbocycles. The van der Waals surface area contributed by atoms with Crippen LogP contribution < -0.4 is 0 Å². The first-order chi connectivity index (χ1) is 22.7. The Bertz CT molecular complexity index is 2580. The topological polar surface area (TPSA) is 79.2 Å². The molecule has 9 aromatic rings. The van der Waals surface area contributed by atoms with Gasteiger partial charge < -0.3 is 14.7 Å². The molecule has 220 valence electrons. The first-order valence-electron chi connectivity index (χ1n) is 15.1. The number of rotatable bonds is 4. The van der Waals surface area contributed by atoms with Crippen LogP contribution in [0, 0.1) is 10.8 Å². The number of nitrogens with zero attached hydrogens (tertiary/aromatic N) is 3. The minimum absolute atomic E-state index is 0.161. The van der Waals surface area contributed by atoms with Gasteiger partial charge in [-0.2, -0.15) is 0 Å². The van der Waals surface area contributed by atoms with Crippen molar-refractivity contribution in [3.63, 3.8) is 0 Å². The Hall–Kier alpha value is -6.27. The van der Waals surface area contributed by atoms with E-state index in [1.807, 2.05) is 42.5 Å². The molecule has 0 aliphatic rings. The Morgan fingerprint density at radius 1 is 0.587 bits per heavy atom. The van der Waals surface area contributed by atoms with Gasteiger partial charge in [0.25, 0.3) is 0 Å². The highest BCUT2D eigenvalue weighted by Gasteiger charge is 2.18. The average Bonchev–Trinajstić information content (AvgIpc) is 3.67. The Balaban J connectivity index is 0.00000153. The maximum atomic E-state index is 8.52. The van der Waals surface area contributed by atoms with Crippen LogP contribution in [0.25, 0.3) is 65.8 Å². The summed E-state index contributed by atoms with van der Waals surface area (Å²) in [5.74, 6) is 0.161. The van der Waals surface area contributed by atoms with Gasteiger partial charge in [0.2, 0.25) is 5.90 Å². The molecule has 6 heteroatoms. The molecule has 3 heterocycles. The fourth-order valence-electron chi connectivity index (χ4n) is 6.63. The molecule has 0 atom stereocenters. The van der Waals surface area contributed by atoms with Crippen molar-refractivity contribution in [2.24, 2.45) is 0 Å². The van der Waals surface area contributed by atoms with Gasteiger partial charge in [0.15, 0.2) is 0 Å². The summed E-state index contributed by atoms with van der Waals surface area (Å²) < 4.78 is 10.4. The molecule has 9 rings (SSSR count). The number of fused-ring (bicyclic) bond motifs is 11. The SMILES string of the molecule is C=N.N=C(OCc1ccccc1)c1ccc(-n2c3ccccc3c3cc4nc5c6ccccc6c6ccccc6n5c4cc32)cc1. The van der Waals surface area contributed by atoms with Crippen molar-refractivity contribution in [2.75, 3.05) is 0 Å². The zero-order valence-electron chi connectivity index (χ0n) is 24.9. The smallest absolute Gasteiger partial charge is 0.213 e. The monoisotopic (exact) mass is 595 g/mol. The van der Waals surface area contributed by atoms with Gasteiger partial charge in [-0.25, -0.2) is 4.98 Å². The second-order valence-electron chi connectivity index (χ2n) is 11.2. The molecule has 6 nitrogen and oxygen atoms in total.